The zero-order valence-corrected chi connectivity index (χ0v) is 12.5. The number of benzene rings is 2. The predicted octanol–water partition coefficient (Wildman–Crippen LogP) is 4.95. The number of ether oxygens (including phenoxy) is 1. The third-order valence-electron chi connectivity index (χ3n) is 2.82. The molecule has 104 valence electrons. The zero-order chi connectivity index (χ0) is 14.5. The Morgan fingerprint density at radius 1 is 1.15 bits per heavy atom. The van der Waals surface area contributed by atoms with Gasteiger partial charge in [-0.1, -0.05) is 35.3 Å². The first-order valence-corrected chi connectivity index (χ1v) is 6.99. The largest absolute Gasteiger partial charge is 0.493 e. The van der Waals surface area contributed by atoms with Crippen LogP contribution in [0.5, 0.6) is 5.75 Å². The molecule has 2 aromatic rings. The molecule has 0 aromatic heterocycles. The number of ketones is 1. The highest BCUT2D eigenvalue weighted by molar-refractivity contribution is 6.35. The van der Waals surface area contributed by atoms with Crippen LogP contribution in [0.15, 0.2) is 42.5 Å². The van der Waals surface area contributed by atoms with Crippen molar-refractivity contribution in [2.45, 2.75) is 13.3 Å². The van der Waals surface area contributed by atoms with Gasteiger partial charge < -0.3 is 4.74 Å². The summed E-state index contributed by atoms with van der Waals surface area (Å²) in [5, 5.41) is 0.910. The molecular formula is C16H14Cl2O2. The molecule has 0 N–H and O–H groups in total. The molecule has 0 bridgehead atoms. The first-order chi connectivity index (χ1) is 9.56. The zero-order valence-electron chi connectivity index (χ0n) is 11.0. The Bertz CT molecular complexity index is 624. The fraction of sp³-hybridized carbons (Fsp3) is 0.188. The van der Waals surface area contributed by atoms with Crippen LogP contribution in [0, 0.1) is 6.92 Å². The number of Topliss-reactive ketones (excluding diaryl/α,β-unsaturated/α-hetero) is 1. The van der Waals surface area contributed by atoms with Crippen LogP contribution in [-0.4, -0.2) is 12.4 Å². The molecule has 0 aliphatic heterocycles. The van der Waals surface area contributed by atoms with E-state index in [2.05, 4.69) is 0 Å². The van der Waals surface area contributed by atoms with Crippen molar-refractivity contribution in [2.24, 2.45) is 0 Å². The summed E-state index contributed by atoms with van der Waals surface area (Å²) in [6.07, 6.45) is 0.258. The predicted molar refractivity (Wildman–Crippen MR) is 82.1 cm³/mol. The summed E-state index contributed by atoms with van der Waals surface area (Å²) in [6, 6.07) is 12.6. The summed E-state index contributed by atoms with van der Waals surface area (Å²) in [5.41, 5.74) is 1.55. The van der Waals surface area contributed by atoms with E-state index in [-0.39, 0.29) is 12.2 Å². The second-order valence-corrected chi connectivity index (χ2v) is 5.31. The fourth-order valence-electron chi connectivity index (χ4n) is 1.81. The Morgan fingerprint density at radius 2 is 1.95 bits per heavy atom. The van der Waals surface area contributed by atoms with Crippen LogP contribution in [0.3, 0.4) is 0 Å². The van der Waals surface area contributed by atoms with Gasteiger partial charge in [-0.2, -0.15) is 0 Å². The normalized spacial score (nSPS) is 10.3. The first kappa shape index (κ1) is 14.9. The molecule has 0 saturated carbocycles. The van der Waals surface area contributed by atoms with Crippen LogP contribution in [0.2, 0.25) is 10.0 Å². The maximum absolute atomic E-state index is 12.1. The van der Waals surface area contributed by atoms with Gasteiger partial charge in [0.05, 0.1) is 11.6 Å². The standard InChI is InChI=1S/C16H14Cl2O2/c1-11-3-2-4-13(9-11)20-8-7-16(19)14-10-12(17)5-6-15(14)18/h2-6,9-10H,7-8H2,1H3. The van der Waals surface area contributed by atoms with Crippen LogP contribution in [0.25, 0.3) is 0 Å². The number of aryl methyl sites for hydroxylation is 1. The van der Waals surface area contributed by atoms with Gasteiger partial charge in [-0.25, -0.2) is 0 Å². The lowest BCUT2D eigenvalue weighted by molar-refractivity contribution is 0.0962. The SMILES string of the molecule is Cc1cccc(OCCC(=O)c2cc(Cl)ccc2Cl)c1. The van der Waals surface area contributed by atoms with Crippen molar-refractivity contribution in [3.8, 4) is 5.75 Å². The lowest BCUT2D eigenvalue weighted by Gasteiger charge is -2.07. The second-order valence-electron chi connectivity index (χ2n) is 4.46. The number of hydrogen-bond donors (Lipinski definition) is 0. The van der Waals surface area contributed by atoms with Gasteiger partial charge >= 0.3 is 0 Å². The van der Waals surface area contributed by atoms with E-state index in [0.29, 0.717) is 22.2 Å². The van der Waals surface area contributed by atoms with E-state index >= 15 is 0 Å². The average molecular weight is 309 g/mol. The van der Waals surface area contributed by atoms with Crippen molar-refractivity contribution in [1.82, 2.24) is 0 Å². The summed E-state index contributed by atoms with van der Waals surface area (Å²) in [4.78, 5) is 12.1. The average Bonchev–Trinajstić information content (AvgIpc) is 2.41. The van der Waals surface area contributed by atoms with Gasteiger partial charge in [-0.15, -0.1) is 0 Å². The third-order valence-corrected chi connectivity index (χ3v) is 3.38. The Morgan fingerprint density at radius 3 is 2.70 bits per heavy atom. The van der Waals surface area contributed by atoms with Gasteiger partial charge in [0.15, 0.2) is 5.78 Å². The highest BCUT2D eigenvalue weighted by atomic mass is 35.5. The number of carbonyl (C=O) groups excluding carboxylic acids is 1. The number of rotatable bonds is 5. The van der Waals surface area contributed by atoms with Gasteiger partial charge in [-0.3, -0.25) is 4.79 Å². The molecule has 2 aromatic carbocycles. The molecule has 0 atom stereocenters. The van der Waals surface area contributed by atoms with Gasteiger partial charge in [0.25, 0.3) is 0 Å². The molecule has 0 aliphatic rings. The molecule has 2 nitrogen and oxygen atoms in total. The van der Waals surface area contributed by atoms with Crippen LogP contribution in [0.1, 0.15) is 22.3 Å². The summed E-state index contributed by atoms with van der Waals surface area (Å²) >= 11 is 11.9. The van der Waals surface area contributed by atoms with Gasteiger partial charge in [0, 0.05) is 17.0 Å². The van der Waals surface area contributed by atoms with Gasteiger partial charge in [0.2, 0.25) is 0 Å². The lowest BCUT2D eigenvalue weighted by Crippen LogP contribution is -2.07. The molecule has 0 saturated heterocycles. The summed E-state index contributed by atoms with van der Waals surface area (Å²) in [5.74, 6) is 0.681. The molecule has 0 unspecified atom stereocenters. The minimum Gasteiger partial charge on any atom is -0.493 e. The maximum Gasteiger partial charge on any atom is 0.167 e. The number of halogens is 2. The Hall–Kier alpha value is -1.51. The van der Waals surface area contributed by atoms with E-state index in [0.717, 1.165) is 11.3 Å². The summed E-state index contributed by atoms with van der Waals surface area (Å²) < 4.78 is 5.55. The molecule has 0 aliphatic carbocycles. The van der Waals surface area contributed by atoms with Crippen molar-refractivity contribution in [2.75, 3.05) is 6.61 Å². The van der Waals surface area contributed by atoms with Crippen molar-refractivity contribution >= 4 is 29.0 Å². The van der Waals surface area contributed by atoms with E-state index in [1.54, 1.807) is 18.2 Å². The lowest BCUT2D eigenvalue weighted by atomic mass is 10.1. The van der Waals surface area contributed by atoms with Crippen LogP contribution in [0.4, 0.5) is 0 Å². The second kappa shape index (κ2) is 6.78. The van der Waals surface area contributed by atoms with Crippen LogP contribution >= 0.6 is 23.2 Å². The van der Waals surface area contributed by atoms with E-state index < -0.39 is 0 Å². The minimum atomic E-state index is -0.0786. The van der Waals surface area contributed by atoms with E-state index in [9.17, 15) is 4.79 Å². The molecule has 4 heteroatoms. The molecule has 0 heterocycles. The van der Waals surface area contributed by atoms with E-state index in [4.69, 9.17) is 27.9 Å². The molecule has 0 radical (unpaired) electrons. The highest BCUT2D eigenvalue weighted by Crippen LogP contribution is 2.22. The summed E-state index contributed by atoms with van der Waals surface area (Å²) in [7, 11) is 0. The molecule has 0 spiro atoms. The Balaban J connectivity index is 1.94. The van der Waals surface area contributed by atoms with Gasteiger partial charge in [-0.05, 0) is 42.8 Å². The number of hydrogen-bond acceptors (Lipinski definition) is 2. The third kappa shape index (κ3) is 3.99. The molecule has 20 heavy (non-hydrogen) atoms. The van der Waals surface area contributed by atoms with Gasteiger partial charge in [0.1, 0.15) is 5.75 Å². The topological polar surface area (TPSA) is 26.3 Å². The van der Waals surface area contributed by atoms with Crippen LogP contribution < -0.4 is 4.74 Å². The first-order valence-electron chi connectivity index (χ1n) is 6.24. The molecule has 2 rings (SSSR count). The van der Waals surface area contributed by atoms with Crippen molar-refractivity contribution in [3.63, 3.8) is 0 Å². The smallest absolute Gasteiger partial charge is 0.167 e. The minimum absolute atomic E-state index is 0.0786. The Kier molecular flexibility index (Phi) is 5.05. The van der Waals surface area contributed by atoms with E-state index in [1.165, 1.54) is 0 Å². The highest BCUT2D eigenvalue weighted by Gasteiger charge is 2.11. The van der Waals surface area contributed by atoms with Crippen molar-refractivity contribution < 1.29 is 9.53 Å². The monoisotopic (exact) mass is 308 g/mol. The summed E-state index contributed by atoms with van der Waals surface area (Å²) in [6.45, 7) is 2.30. The van der Waals surface area contributed by atoms with Crippen LogP contribution in [-0.2, 0) is 0 Å². The number of carbonyl (C=O) groups is 1. The molecule has 0 amide bonds. The Labute approximate surface area is 128 Å². The fourth-order valence-corrected chi connectivity index (χ4v) is 2.21. The quantitative estimate of drug-likeness (QED) is 0.730. The van der Waals surface area contributed by atoms with Crippen molar-refractivity contribution in [1.29, 1.82) is 0 Å². The van der Waals surface area contributed by atoms with E-state index in [1.807, 2.05) is 31.2 Å². The molecular weight excluding hydrogens is 295 g/mol. The maximum atomic E-state index is 12.1. The van der Waals surface area contributed by atoms with Crippen molar-refractivity contribution in [3.05, 3.63) is 63.6 Å². The molecule has 0 fully saturated rings.